The van der Waals surface area contributed by atoms with Crippen molar-refractivity contribution in [3.05, 3.63) is 0 Å². The quantitative estimate of drug-likeness (QED) is 0.453. The lowest BCUT2D eigenvalue weighted by molar-refractivity contribution is -0.0390. The van der Waals surface area contributed by atoms with Gasteiger partial charge in [0.05, 0.1) is 0 Å². The molecule has 3 fully saturated rings. The summed E-state index contributed by atoms with van der Waals surface area (Å²) in [5, 5.41) is 0. The van der Waals surface area contributed by atoms with Crippen molar-refractivity contribution in [2.45, 2.75) is 37.8 Å². The Labute approximate surface area is 49.1 Å². The van der Waals surface area contributed by atoms with Gasteiger partial charge in [-0.2, -0.15) is 0 Å². The van der Waals surface area contributed by atoms with Crippen LogP contribution in [0.25, 0.3) is 0 Å². The van der Waals surface area contributed by atoms with Crippen molar-refractivity contribution >= 4 is 0 Å². The van der Waals surface area contributed by atoms with E-state index >= 15 is 0 Å². The summed E-state index contributed by atoms with van der Waals surface area (Å²) in [5.74, 6) is 0.772. The second-order valence-electron chi connectivity index (χ2n) is 3.32. The molecule has 0 atom stereocenters. The summed E-state index contributed by atoms with van der Waals surface area (Å²) in [6.45, 7) is 0. The molecule has 0 aromatic rings. The van der Waals surface area contributed by atoms with Crippen molar-refractivity contribution in [1.29, 1.82) is 0 Å². The Balaban J connectivity index is 2.06. The maximum absolute atomic E-state index is 12.9. The van der Waals surface area contributed by atoms with E-state index in [0.717, 1.165) is 31.6 Å². The molecule has 0 unspecified atom stereocenters. The fourth-order valence-corrected chi connectivity index (χ4v) is 2.09. The van der Waals surface area contributed by atoms with Crippen LogP contribution in [0.1, 0.15) is 32.1 Å². The first-order valence-corrected chi connectivity index (χ1v) is 3.47. The van der Waals surface area contributed by atoms with Crippen LogP contribution in [0.2, 0.25) is 0 Å². The van der Waals surface area contributed by atoms with E-state index in [-0.39, 0.29) is 0 Å². The van der Waals surface area contributed by atoms with E-state index in [1.165, 1.54) is 6.42 Å². The van der Waals surface area contributed by atoms with Gasteiger partial charge in [0.2, 0.25) is 0 Å². The van der Waals surface area contributed by atoms with Gasteiger partial charge in [0.15, 0.2) is 0 Å². The number of rotatable bonds is 0. The van der Waals surface area contributed by atoms with E-state index in [9.17, 15) is 4.39 Å². The highest BCUT2D eigenvalue weighted by Gasteiger charge is 2.47. The van der Waals surface area contributed by atoms with Gasteiger partial charge in [-0.25, -0.2) is 4.39 Å². The zero-order chi connectivity index (χ0) is 5.61. The lowest BCUT2D eigenvalue weighted by Crippen LogP contribution is -2.43. The van der Waals surface area contributed by atoms with Crippen LogP contribution >= 0.6 is 0 Å². The smallest absolute Gasteiger partial charge is 0.111 e. The van der Waals surface area contributed by atoms with Crippen molar-refractivity contribution in [2.75, 3.05) is 0 Å². The first-order chi connectivity index (χ1) is 3.79. The largest absolute Gasteiger partial charge is 0.244 e. The maximum Gasteiger partial charge on any atom is 0.111 e. The Kier molecular flexibility index (Phi) is 0.750. The third-order valence-electron chi connectivity index (χ3n) is 2.55. The molecule has 0 amide bonds. The van der Waals surface area contributed by atoms with Gasteiger partial charge < -0.3 is 0 Å². The zero-order valence-corrected chi connectivity index (χ0v) is 4.99. The molecule has 0 aliphatic heterocycles. The fraction of sp³-hybridized carbons (Fsp3) is 1.00. The van der Waals surface area contributed by atoms with E-state index in [1.54, 1.807) is 0 Å². The van der Waals surface area contributed by atoms with Crippen molar-refractivity contribution in [3.63, 3.8) is 0 Å². The van der Waals surface area contributed by atoms with Gasteiger partial charge in [-0.05, 0) is 31.6 Å². The number of hydrogen-bond acceptors (Lipinski definition) is 0. The monoisotopic (exact) mass is 114 g/mol. The molecule has 3 rings (SSSR count). The van der Waals surface area contributed by atoms with Crippen LogP contribution < -0.4 is 0 Å². The third-order valence-corrected chi connectivity index (χ3v) is 2.55. The summed E-state index contributed by atoms with van der Waals surface area (Å²) in [6, 6.07) is 0. The Bertz CT molecular complexity index is 97.4. The van der Waals surface area contributed by atoms with Crippen LogP contribution in [0.5, 0.6) is 0 Å². The number of halogens is 1. The third kappa shape index (κ3) is 0.503. The first-order valence-electron chi connectivity index (χ1n) is 3.47. The normalized spacial score (nSPS) is 52.9. The van der Waals surface area contributed by atoms with Crippen LogP contribution in [0.15, 0.2) is 0 Å². The maximum atomic E-state index is 12.9. The van der Waals surface area contributed by atoms with Gasteiger partial charge >= 0.3 is 0 Å². The van der Waals surface area contributed by atoms with Crippen molar-refractivity contribution in [1.82, 2.24) is 0 Å². The predicted octanol–water partition coefficient (Wildman–Crippen LogP) is 2.29. The Morgan fingerprint density at radius 3 is 2.38 bits per heavy atom. The van der Waals surface area contributed by atoms with Gasteiger partial charge in [-0.3, -0.25) is 0 Å². The molecule has 46 valence electrons. The molecule has 3 saturated carbocycles. The van der Waals surface area contributed by atoms with E-state index in [0.29, 0.717) is 0 Å². The summed E-state index contributed by atoms with van der Waals surface area (Å²) in [6.07, 6.45) is 5.05. The van der Waals surface area contributed by atoms with E-state index in [4.69, 9.17) is 0 Å². The topological polar surface area (TPSA) is 0 Å². The molecule has 0 N–H and O–H groups in total. The Morgan fingerprint density at radius 1 is 1.38 bits per heavy atom. The van der Waals surface area contributed by atoms with E-state index in [1.807, 2.05) is 0 Å². The predicted molar refractivity (Wildman–Crippen MR) is 30.4 cm³/mol. The molecule has 1 heteroatoms. The van der Waals surface area contributed by atoms with Crippen LogP contribution in [0, 0.1) is 5.92 Å². The zero-order valence-electron chi connectivity index (χ0n) is 4.99. The summed E-state index contributed by atoms with van der Waals surface area (Å²) in [7, 11) is 0. The van der Waals surface area contributed by atoms with Gasteiger partial charge in [-0.1, -0.05) is 6.42 Å². The van der Waals surface area contributed by atoms with Crippen molar-refractivity contribution in [2.24, 2.45) is 5.92 Å². The van der Waals surface area contributed by atoms with Gasteiger partial charge in [-0.15, -0.1) is 0 Å². The molecule has 8 heavy (non-hydrogen) atoms. The Hall–Kier alpha value is -0.0700. The average Bonchev–Trinajstić information content (AvgIpc) is 1.63. The highest BCUT2D eigenvalue weighted by molar-refractivity contribution is 4.98. The van der Waals surface area contributed by atoms with Gasteiger partial charge in [0, 0.05) is 0 Å². The van der Waals surface area contributed by atoms with Gasteiger partial charge in [0.1, 0.15) is 5.67 Å². The molecule has 0 radical (unpaired) electrons. The molecule has 0 spiro atoms. The van der Waals surface area contributed by atoms with Crippen LogP contribution in [0.4, 0.5) is 4.39 Å². The summed E-state index contributed by atoms with van der Waals surface area (Å²) in [5.41, 5.74) is -0.678. The van der Waals surface area contributed by atoms with Gasteiger partial charge in [0.25, 0.3) is 0 Å². The molecule has 0 aromatic carbocycles. The average molecular weight is 114 g/mol. The minimum Gasteiger partial charge on any atom is -0.244 e. The molecule has 0 heterocycles. The minimum atomic E-state index is -0.678. The first kappa shape index (κ1) is 4.78. The minimum absolute atomic E-state index is 0.678. The summed E-state index contributed by atoms with van der Waals surface area (Å²) >= 11 is 0. The number of fused-ring (bicyclic) bond motifs is 2. The van der Waals surface area contributed by atoms with E-state index in [2.05, 4.69) is 0 Å². The number of alkyl halides is 1. The molecule has 3 aliphatic carbocycles. The Morgan fingerprint density at radius 2 is 2.12 bits per heavy atom. The molecular formula is C7H11F. The molecule has 0 saturated heterocycles. The lowest BCUT2D eigenvalue weighted by Gasteiger charge is -2.46. The molecular weight excluding hydrogens is 103 g/mol. The molecule has 2 bridgehead atoms. The molecule has 3 aliphatic rings. The van der Waals surface area contributed by atoms with Crippen molar-refractivity contribution < 1.29 is 4.39 Å². The summed E-state index contributed by atoms with van der Waals surface area (Å²) in [4.78, 5) is 0. The SMILES string of the molecule is FC12CCCC(C1)C2. The highest BCUT2D eigenvalue weighted by Crippen LogP contribution is 2.51. The van der Waals surface area contributed by atoms with Crippen molar-refractivity contribution in [3.8, 4) is 0 Å². The van der Waals surface area contributed by atoms with Crippen LogP contribution in [0.3, 0.4) is 0 Å². The highest BCUT2D eigenvalue weighted by atomic mass is 19.1. The van der Waals surface area contributed by atoms with Crippen LogP contribution in [-0.2, 0) is 0 Å². The second kappa shape index (κ2) is 1.26. The van der Waals surface area contributed by atoms with E-state index < -0.39 is 5.67 Å². The summed E-state index contributed by atoms with van der Waals surface area (Å²) < 4.78 is 12.9. The number of hydrogen-bond donors (Lipinski definition) is 0. The van der Waals surface area contributed by atoms with Crippen LogP contribution in [-0.4, -0.2) is 5.67 Å². The lowest BCUT2D eigenvalue weighted by atomic mass is 9.63. The fourth-order valence-electron chi connectivity index (χ4n) is 2.09. The standard InChI is InChI=1S/C7H11F/c8-7-3-1-2-6(4-7)5-7/h6H,1-5H2. The molecule has 0 nitrogen and oxygen atoms in total. The second-order valence-corrected chi connectivity index (χ2v) is 3.32. The molecule has 0 aromatic heterocycles.